The van der Waals surface area contributed by atoms with Crippen molar-refractivity contribution in [3.63, 3.8) is 0 Å². The third-order valence-corrected chi connectivity index (χ3v) is 3.96. The van der Waals surface area contributed by atoms with Crippen LogP contribution in [-0.4, -0.2) is 28.7 Å². The molecule has 0 aliphatic rings. The lowest BCUT2D eigenvalue weighted by Crippen LogP contribution is -2.23. The largest absolute Gasteiger partial charge is 0.390 e. The number of hydrogen-bond donors (Lipinski definition) is 4. The molecule has 0 aromatic carbocycles. The maximum absolute atomic E-state index is 11.9. The molecular formula is C10H14N4O3S. The number of aliphatic hydroxyl groups excluding tert-OH is 1. The number of nitrogens with zero attached hydrogens (tertiary/aromatic N) is 1. The number of hydrogen-bond acceptors (Lipinski definition) is 4. The average Bonchev–Trinajstić information content (AvgIpc) is 2.95. The van der Waals surface area contributed by atoms with Gasteiger partial charge in [0.05, 0.1) is 17.7 Å². The molecule has 2 aromatic heterocycles. The average molecular weight is 270 g/mol. The Morgan fingerprint density at radius 3 is 2.83 bits per heavy atom. The highest BCUT2D eigenvalue weighted by Gasteiger charge is 2.16. The Bertz CT molecular complexity index is 629. The molecule has 2 rings (SSSR count). The van der Waals surface area contributed by atoms with Gasteiger partial charge in [-0.2, -0.15) is 5.10 Å². The summed E-state index contributed by atoms with van der Waals surface area (Å²) >= 11 is 0. The maximum atomic E-state index is 11.9. The van der Waals surface area contributed by atoms with Crippen LogP contribution in [0.3, 0.4) is 0 Å². The molecule has 0 amide bonds. The van der Waals surface area contributed by atoms with Crippen LogP contribution in [0.15, 0.2) is 23.4 Å². The molecule has 8 heteroatoms. The highest BCUT2D eigenvalue weighted by atomic mass is 32.2. The van der Waals surface area contributed by atoms with Crippen LogP contribution in [0.2, 0.25) is 0 Å². The van der Waals surface area contributed by atoms with E-state index in [9.17, 15) is 8.42 Å². The minimum atomic E-state index is -3.58. The van der Waals surface area contributed by atoms with Crippen molar-refractivity contribution >= 4 is 10.0 Å². The molecule has 0 bridgehead atoms. The minimum absolute atomic E-state index is 0.104. The zero-order valence-electron chi connectivity index (χ0n) is 9.77. The third-order valence-electron chi connectivity index (χ3n) is 2.58. The van der Waals surface area contributed by atoms with Crippen LogP contribution in [0, 0.1) is 6.92 Å². The predicted octanol–water partition coefficient (Wildman–Crippen LogP) is 0.0170. The van der Waals surface area contributed by atoms with E-state index in [-0.39, 0.29) is 18.0 Å². The fraction of sp³-hybridized carbons (Fsp3) is 0.300. The molecule has 2 aromatic rings. The molecule has 98 valence electrons. The van der Waals surface area contributed by atoms with Gasteiger partial charge in [-0.25, -0.2) is 13.1 Å². The Morgan fingerprint density at radius 1 is 1.50 bits per heavy atom. The van der Waals surface area contributed by atoms with Gasteiger partial charge in [0.2, 0.25) is 10.0 Å². The van der Waals surface area contributed by atoms with E-state index in [1.165, 1.54) is 12.3 Å². The summed E-state index contributed by atoms with van der Waals surface area (Å²) in [6, 6.07) is 1.39. The maximum Gasteiger partial charge on any atom is 0.242 e. The molecular weight excluding hydrogens is 256 g/mol. The lowest BCUT2D eigenvalue weighted by Gasteiger charge is -2.03. The van der Waals surface area contributed by atoms with E-state index < -0.39 is 10.0 Å². The molecule has 0 fully saturated rings. The van der Waals surface area contributed by atoms with Crippen molar-refractivity contribution in [2.75, 3.05) is 0 Å². The summed E-state index contributed by atoms with van der Waals surface area (Å²) in [5.41, 5.74) is 2.06. The molecule has 0 aliphatic carbocycles. The smallest absolute Gasteiger partial charge is 0.242 e. The molecule has 4 N–H and O–H groups in total. The van der Waals surface area contributed by atoms with Gasteiger partial charge in [-0.3, -0.25) is 5.10 Å². The van der Waals surface area contributed by atoms with Crippen LogP contribution < -0.4 is 4.72 Å². The molecule has 0 unspecified atom stereocenters. The fourth-order valence-electron chi connectivity index (χ4n) is 1.48. The number of aliphatic hydroxyl groups is 1. The summed E-state index contributed by atoms with van der Waals surface area (Å²) in [5.74, 6) is 0. The quantitative estimate of drug-likeness (QED) is 0.613. The minimum Gasteiger partial charge on any atom is -0.390 e. The second-order valence-electron chi connectivity index (χ2n) is 3.86. The Kier molecular flexibility index (Phi) is 3.50. The molecule has 0 spiro atoms. The van der Waals surface area contributed by atoms with Gasteiger partial charge >= 0.3 is 0 Å². The van der Waals surface area contributed by atoms with Crippen molar-refractivity contribution in [3.05, 3.63) is 35.4 Å². The summed E-state index contributed by atoms with van der Waals surface area (Å²) in [7, 11) is -3.58. The first kappa shape index (κ1) is 12.8. The van der Waals surface area contributed by atoms with Crippen LogP contribution in [0.1, 0.15) is 17.0 Å². The molecule has 18 heavy (non-hydrogen) atoms. The number of H-pyrrole nitrogens is 2. The van der Waals surface area contributed by atoms with E-state index in [2.05, 4.69) is 19.9 Å². The van der Waals surface area contributed by atoms with E-state index in [4.69, 9.17) is 5.11 Å². The van der Waals surface area contributed by atoms with Gasteiger partial charge in [-0.1, -0.05) is 0 Å². The summed E-state index contributed by atoms with van der Waals surface area (Å²) < 4.78 is 26.3. The van der Waals surface area contributed by atoms with Crippen molar-refractivity contribution < 1.29 is 13.5 Å². The van der Waals surface area contributed by atoms with Crippen molar-refractivity contribution in [3.8, 4) is 0 Å². The first-order valence-electron chi connectivity index (χ1n) is 5.29. The zero-order chi connectivity index (χ0) is 13.2. The summed E-state index contributed by atoms with van der Waals surface area (Å²) in [4.78, 5) is 2.78. The number of aromatic amines is 2. The molecule has 0 saturated heterocycles. The second kappa shape index (κ2) is 4.92. The van der Waals surface area contributed by atoms with Crippen molar-refractivity contribution in [2.24, 2.45) is 0 Å². The van der Waals surface area contributed by atoms with Gasteiger partial charge in [0.1, 0.15) is 0 Å². The first-order chi connectivity index (χ1) is 8.53. The van der Waals surface area contributed by atoms with E-state index in [0.717, 1.165) is 11.3 Å². The topological polar surface area (TPSA) is 111 Å². The van der Waals surface area contributed by atoms with Crippen LogP contribution >= 0.6 is 0 Å². The fourth-order valence-corrected chi connectivity index (χ4v) is 2.50. The van der Waals surface area contributed by atoms with E-state index in [1.54, 1.807) is 6.20 Å². The standard InChI is InChI=1S/C10H14N4O3S/c1-7-8(3-12-14-7)4-13-18(16,17)10-2-9(6-15)11-5-10/h2-3,5,11,13,15H,4,6H2,1H3,(H,12,14). The van der Waals surface area contributed by atoms with E-state index in [1.807, 2.05) is 6.92 Å². The van der Waals surface area contributed by atoms with Crippen LogP contribution in [-0.2, 0) is 23.2 Å². The van der Waals surface area contributed by atoms with Crippen LogP contribution in [0.25, 0.3) is 0 Å². The van der Waals surface area contributed by atoms with Gasteiger partial charge in [0.25, 0.3) is 0 Å². The summed E-state index contributed by atoms with van der Waals surface area (Å²) in [5, 5.41) is 15.4. The third kappa shape index (κ3) is 2.61. The van der Waals surface area contributed by atoms with Crippen molar-refractivity contribution in [2.45, 2.75) is 25.0 Å². The van der Waals surface area contributed by atoms with Gasteiger partial charge in [-0.15, -0.1) is 0 Å². The second-order valence-corrected chi connectivity index (χ2v) is 5.63. The lowest BCUT2D eigenvalue weighted by molar-refractivity contribution is 0.277. The molecule has 7 nitrogen and oxygen atoms in total. The Labute approximate surface area is 104 Å². The highest BCUT2D eigenvalue weighted by Crippen LogP contribution is 2.11. The van der Waals surface area contributed by atoms with Gasteiger partial charge in [-0.05, 0) is 13.0 Å². The van der Waals surface area contributed by atoms with E-state index in [0.29, 0.717) is 5.69 Å². The predicted molar refractivity (Wildman–Crippen MR) is 64.1 cm³/mol. The Balaban J connectivity index is 2.10. The van der Waals surface area contributed by atoms with Gasteiger partial charge in [0.15, 0.2) is 0 Å². The molecule has 0 atom stereocenters. The number of aromatic nitrogens is 3. The molecule has 2 heterocycles. The van der Waals surface area contributed by atoms with Crippen LogP contribution in [0.4, 0.5) is 0 Å². The van der Waals surface area contributed by atoms with Gasteiger partial charge < -0.3 is 10.1 Å². The first-order valence-corrected chi connectivity index (χ1v) is 6.78. The highest BCUT2D eigenvalue weighted by molar-refractivity contribution is 7.89. The number of aryl methyl sites for hydroxylation is 1. The molecule has 0 saturated carbocycles. The van der Waals surface area contributed by atoms with Crippen LogP contribution in [0.5, 0.6) is 0 Å². The van der Waals surface area contributed by atoms with Crippen molar-refractivity contribution in [1.82, 2.24) is 19.9 Å². The monoisotopic (exact) mass is 270 g/mol. The normalized spacial score (nSPS) is 11.9. The lowest BCUT2D eigenvalue weighted by atomic mass is 10.3. The summed E-state index contributed by atoms with van der Waals surface area (Å²) in [6.07, 6.45) is 2.92. The zero-order valence-corrected chi connectivity index (χ0v) is 10.6. The number of sulfonamides is 1. The Morgan fingerprint density at radius 2 is 2.28 bits per heavy atom. The summed E-state index contributed by atoms with van der Waals surface area (Å²) in [6.45, 7) is 1.76. The van der Waals surface area contributed by atoms with Gasteiger partial charge in [0, 0.05) is 29.7 Å². The number of rotatable bonds is 5. The molecule has 0 radical (unpaired) electrons. The van der Waals surface area contributed by atoms with E-state index >= 15 is 0 Å². The van der Waals surface area contributed by atoms with Crippen molar-refractivity contribution in [1.29, 1.82) is 0 Å². The molecule has 0 aliphatic heterocycles. The number of nitrogens with one attached hydrogen (secondary N) is 3. The Hall–Kier alpha value is -1.64. The SMILES string of the molecule is Cc1[nH]ncc1CNS(=O)(=O)c1c[nH]c(CO)c1.